The van der Waals surface area contributed by atoms with E-state index in [1.54, 1.807) is 13.3 Å². The maximum Gasteiger partial charge on any atom is 0.273 e. The van der Waals surface area contributed by atoms with Crippen molar-refractivity contribution in [1.29, 1.82) is 0 Å². The molecule has 0 fully saturated rings. The second kappa shape index (κ2) is 7.62. The molecule has 0 aliphatic carbocycles. The molecule has 0 saturated heterocycles. The third-order valence-corrected chi connectivity index (χ3v) is 5.23. The van der Waals surface area contributed by atoms with Crippen LogP contribution in [0.4, 0.5) is 0 Å². The minimum atomic E-state index is -0.261. The lowest BCUT2D eigenvalue weighted by Gasteiger charge is -2.25. The summed E-state index contributed by atoms with van der Waals surface area (Å²) in [6.45, 7) is 1.20. The van der Waals surface area contributed by atoms with Crippen molar-refractivity contribution in [2.45, 2.75) is 12.5 Å². The summed E-state index contributed by atoms with van der Waals surface area (Å²) >= 11 is 3.46. The summed E-state index contributed by atoms with van der Waals surface area (Å²) in [5, 5.41) is 7.41. The smallest absolute Gasteiger partial charge is 0.273 e. The lowest BCUT2D eigenvalue weighted by atomic mass is 9.99. The zero-order valence-electron chi connectivity index (χ0n) is 14.9. The standard InChI is InChI=1S/C20H19BrN4O2/c1-27-12-4-11-25-19(15-5-2-3-10-22-15)16-17(23-24-18(16)20(25)26)13-6-8-14(21)9-7-13/h2-3,5-10,19H,4,11-12H2,1H3,(H,23,24). The van der Waals surface area contributed by atoms with Crippen LogP contribution in [0.1, 0.15) is 34.2 Å². The molecular formula is C20H19BrN4O2. The number of aromatic amines is 1. The van der Waals surface area contributed by atoms with E-state index in [1.165, 1.54) is 0 Å². The maximum absolute atomic E-state index is 13.1. The van der Waals surface area contributed by atoms with Gasteiger partial charge in [0.1, 0.15) is 11.7 Å². The van der Waals surface area contributed by atoms with E-state index >= 15 is 0 Å². The largest absolute Gasteiger partial charge is 0.385 e. The number of carbonyl (C=O) groups excluding carboxylic acids is 1. The van der Waals surface area contributed by atoms with Crippen molar-refractivity contribution in [3.05, 3.63) is 70.1 Å². The first-order valence-electron chi connectivity index (χ1n) is 8.75. The van der Waals surface area contributed by atoms with Gasteiger partial charge < -0.3 is 9.64 Å². The van der Waals surface area contributed by atoms with E-state index in [-0.39, 0.29) is 11.9 Å². The van der Waals surface area contributed by atoms with Gasteiger partial charge in [-0.3, -0.25) is 14.9 Å². The van der Waals surface area contributed by atoms with Crippen LogP contribution in [-0.2, 0) is 4.74 Å². The third kappa shape index (κ3) is 3.28. The number of nitrogens with one attached hydrogen (secondary N) is 1. The SMILES string of the molecule is COCCCN1C(=O)c2[nH]nc(-c3ccc(Br)cc3)c2C1c1ccccn1. The number of hydrogen-bond donors (Lipinski definition) is 1. The molecule has 0 radical (unpaired) electrons. The van der Waals surface area contributed by atoms with Gasteiger partial charge in [-0.25, -0.2) is 0 Å². The Morgan fingerprint density at radius 3 is 2.74 bits per heavy atom. The molecule has 0 bridgehead atoms. The second-order valence-corrected chi connectivity index (χ2v) is 7.29. The zero-order chi connectivity index (χ0) is 18.8. The number of rotatable bonds is 6. The Morgan fingerprint density at radius 2 is 2.04 bits per heavy atom. The summed E-state index contributed by atoms with van der Waals surface area (Å²) in [7, 11) is 1.67. The van der Waals surface area contributed by atoms with E-state index in [2.05, 4.69) is 31.1 Å². The number of ether oxygens (including phenoxy) is 1. The number of hydrogen-bond acceptors (Lipinski definition) is 4. The first-order valence-corrected chi connectivity index (χ1v) is 9.55. The first kappa shape index (κ1) is 17.9. The highest BCUT2D eigenvalue weighted by Crippen LogP contribution is 2.42. The Balaban J connectivity index is 1.80. The number of halogens is 1. The predicted molar refractivity (Wildman–Crippen MR) is 105 cm³/mol. The highest BCUT2D eigenvalue weighted by molar-refractivity contribution is 9.10. The van der Waals surface area contributed by atoms with Crippen LogP contribution < -0.4 is 0 Å². The molecule has 0 saturated carbocycles. The monoisotopic (exact) mass is 426 g/mol. The van der Waals surface area contributed by atoms with Crippen molar-refractivity contribution in [2.75, 3.05) is 20.3 Å². The number of fused-ring (bicyclic) bond motifs is 1. The number of nitrogens with zero attached hydrogens (tertiary/aromatic N) is 3. The predicted octanol–water partition coefficient (Wildman–Crippen LogP) is 3.82. The molecule has 1 aliphatic heterocycles. The van der Waals surface area contributed by atoms with Crippen LogP contribution in [0.3, 0.4) is 0 Å². The lowest BCUT2D eigenvalue weighted by Crippen LogP contribution is -2.31. The number of H-pyrrole nitrogens is 1. The summed E-state index contributed by atoms with van der Waals surface area (Å²) < 4.78 is 6.16. The number of amides is 1. The van der Waals surface area contributed by atoms with Gasteiger partial charge >= 0.3 is 0 Å². The van der Waals surface area contributed by atoms with Gasteiger partial charge in [-0.15, -0.1) is 0 Å². The van der Waals surface area contributed by atoms with E-state index in [0.717, 1.165) is 33.4 Å². The Kier molecular flexibility index (Phi) is 5.05. The number of pyridine rings is 1. The average Bonchev–Trinajstić information content (AvgIpc) is 3.23. The highest BCUT2D eigenvalue weighted by atomic mass is 79.9. The summed E-state index contributed by atoms with van der Waals surface area (Å²) in [4.78, 5) is 19.4. The van der Waals surface area contributed by atoms with Crippen molar-refractivity contribution in [3.8, 4) is 11.3 Å². The molecular weight excluding hydrogens is 408 g/mol. The van der Waals surface area contributed by atoms with Crippen molar-refractivity contribution >= 4 is 21.8 Å². The average molecular weight is 427 g/mol. The zero-order valence-corrected chi connectivity index (χ0v) is 16.4. The molecule has 1 amide bonds. The van der Waals surface area contributed by atoms with Gasteiger partial charge in [0.2, 0.25) is 0 Å². The van der Waals surface area contributed by atoms with Gasteiger partial charge in [-0.05, 0) is 30.7 Å². The highest BCUT2D eigenvalue weighted by Gasteiger charge is 2.42. The van der Waals surface area contributed by atoms with Crippen molar-refractivity contribution in [2.24, 2.45) is 0 Å². The van der Waals surface area contributed by atoms with Gasteiger partial charge in [0.05, 0.1) is 11.4 Å². The van der Waals surface area contributed by atoms with E-state index in [0.29, 0.717) is 18.8 Å². The van der Waals surface area contributed by atoms with Crippen molar-refractivity contribution in [1.82, 2.24) is 20.1 Å². The first-order chi connectivity index (χ1) is 13.2. The molecule has 3 aromatic rings. The Hall–Kier alpha value is -2.51. The molecule has 138 valence electrons. The lowest BCUT2D eigenvalue weighted by molar-refractivity contribution is 0.0720. The van der Waals surface area contributed by atoms with E-state index in [9.17, 15) is 4.79 Å². The molecule has 1 atom stereocenters. The number of methoxy groups -OCH3 is 1. The number of aromatic nitrogens is 3. The van der Waals surface area contributed by atoms with Crippen LogP contribution in [0, 0.1) is 0 Å². The van der Waals surface area contributed by atoms with Crippen LogP contribution in [-0.4, -0.2) is 46.2 Å². The van der Waals surface area contributed by atoms with Crippen molar-refractivity contribution in [3.63, 3.8) is 0 Å². The van der Waals surface area contributed by atoms with Gasteiger partial charge in [-0.2, -0.15) is 5.10 Å². The summed E-state index contributed by atoms with van der Waals surface area (Å²) in [5.41, 5.74) is 4.01. The maximum atomic E-state index is 13.1. The minimum Gasteiger partial charge on any atom is -0.385 e. The normalized spacial score (nSPS) is 16.0. The minimum absolute atomic E-state index is 0.0485. The van der Waals surface area contributed by atoms with E-state index in [4.69, 9.17) is 4.74 Å². The molecule has 0 spiro atoms. The van der Waals surface area contributed by atoms with Gasteiger partial charge in [0, 0.05) is 42.1 Å². The molecule has 27 heavy (non-hydrogen) atoms. The fourth-order valence-electron chi connectivity index (χ4n) is 3.48. The fourth-order valence-corrected chi connectivity index (χ4v) is 3.74. The van der Waals surface area contributed by atoms with Crippen LogP contribution in [0.15, 0.2) is 53.1 Å². The molecule has 2 aromatic heterocycles. The molecule has 1 unspecified atom stereocenters. The van der Waals surface area contributed by atoms with E-state index in [1.807, 2.05) is 47.4 Å². The Morgan fingerprint density at radius 1 is 1.22 bits per heavy atom. The molecule has 1 N–H and O–H groups in total. The van der Waals surface area contributed by atoms with Crippen LogP contribution in [0.5, 0.6) is 0 Å². The molecule has 1 aromatic carbocycles. The van der Waals surface area contributed by atoms with Crippen LogP contribution >= 0.6 is 15.9 Å². The fraction of sp³-hybridized carbons (Fsp3) is 0.250. The van der Waals surface area contributed by atoms with E-state index < -0.39 is 0 Å². The second-order valence-electron chi connectivity index (χ2n) is 6.37. The van der Waals surface area contributed by atoms with Crippen LogP contribution in [0.25, 0.3) is 11.3 Å². The van der Waals surface area contributed by atoms with Gasteiger partial charge in [0.15, 0.2) is 0 Å². The topological polar surface area (TPSA) is 71.1 Å². The molecule has 7 heteroatoms. The molecule has 4 rings (SSSR count). The third-order valence-electron chi connectivity index (χ3n) is 4.70. The quantitative estimate of drug-likeness (QED) is 0.608. The Labute approximate surface area is 165 Å². The molecule has 6 nitrogen and oxygen atoms in total. The molecule has 3 heterocycles. The summed E-state index contributed by atoms with van der Waals surface area (Å²) in [6.07, 6.45) is 2.52. The Bertz CT molecular complexity index is 940. The molecule has 1 aliphatic rings. The summed E-state index contributed by atoms with van der Waals surface area (Å²) in [5.74, 6) is -0.0485. The van der Waals surface area contributed by atoms with Gasteiger partial charge in [-0.1, -0.05) is 34.1 Å². The number of carbonyl (C=O) groups is 1. The summed E-state index contributed by atoms with van der Waals surface area (Å²) in [6, 6.07) is 13.4. The van der Waals surface area contributed by atoms with Gasteiger partial charge in [0.25, 0.3) is 5.91 Å². The van der Waals surface area contributed by atoms with Crippen LogP contribution in [0.2, 0.25) is 0 Å². The number of benzene rings is 1. The van der Waals surface area contributed by atoms with Crippen molar-refractivity contribution < 1.29 is 9.53 Å².